The summed E-state index contributed by atoms with van der Waals surface area (Å²) in [4.78, 5) is 0. The van der Waals surface area contributed by atoms with E-state index in [0.717, 1.165) is 15.8 Å². The third-order valence-electron chi connectivity index (χ3n) is 2.39. The molecule has 2 rings (SSSR count). The van der Waals surface area contributed by atoms with Gasteiger partial charge in [0, 0.05) is 22.5 Å². The molecule has 1 aliphatic rings. The first-order chi connectivity index (χ1) is 6.70. The fourth-order valence-corrected chi connectivity index (χ4v) is 2.04. The molecule has 2 unspecified atom stereocenters. The van der Waals surface area contributed by atoms with Gasteiger partial charge >= 0.3 is 0 Å². The van der Waals surface area contributed by atoms with Gasteiger partial charge in [-0.2, -0.15) is 0 Å². The molecule has 0 saturated heterocycles. The topological polar surface area (TPSA) is 55.5 Å². The zero-order valence-corrected chi connectivity index (χ0v) is 9.20. The lowest BCUT2D eigenvalue weighted by Gasteiger charge is -2.29. The Labute approximate surface area is 91.0 Å². The number of aliphatic hydroxyl groups excluding tert-OH is 1. The third kappa shape index (κ3) is 1.78. The molecule has 1 aliphatic heterocycles. The van der Waals surface area contributed by atoms with Gasteiger partial charge in [0.1, 0.15) is 11.9 Å². The summed E-state index contributed by atoms with van der Waals surface area (Å²) >= 11 is 3.39. The first kappa shape index (κ1) is 9.96. The molecular formula is C10H12BrNO2. The summed E-state index contributed by atoms with van der Waals surface area (Å²) in [6, 6.07) is 5.70. The second-order valence-electron chi connectivity index (χ2n) is 3.45. The van der Waals surface area contributed by atoms with E-state index >= 15 is 0 Å². The molecule has 0 bridgehead atoms. The summed E-state index contributed by atoms with van der Waals surface area (Å²) in [6.45, 7) is 0.0171. The maximum Gasteiger partial charge on any atom is 0.124 e. The standard InChI is InChI=1S/C10H12BrNO2/c11-6-1-2-10-8(3-6)9(12)4-7(5-13)14-10/h1-3,7,9,13H,4-5,12H2. The molecule has 1 aromatic rings. The summed E-state index contributed by atoms with van der Waals surface area (Å²) in [7, 11) is 0. The van der Waals surface area contributed by atoms with E-state index in [9.17, 15) is 0 Å². The van der Waals surface area contributed by atoms with E-state index in [1.807, 2.05) is 18.2 Å². The minimum atomic E-state index is -0.168. The highest BCUT2D eigenvalue weighted by Crippen LogP contribution is 2.34. The molecule has 0 radical (unpaired) electrons. The number of benzene rings is 1. The van der Waals surface area contributed by atoms with Gasteiger partial charge in [0.25, 0.3) is 0 Å². The van der Waals surface area contributed by atoms with E-state index in [0.29, 0.717) is 6.42 Å². The van der Waals surface area contributed by atoms with Crippen molar-refractivity contribution >= 4 is 15.9 Å². The number of hydrogen-bond donors (Lipinski definition) is 2. The van der Waals surface area contributed by atoms with Crippen LogP contribution in [0.1, 0.15) is 18.0 Å². The van der Waals surface area contributed by atoms with Crippen LogP contribution in [0, 0.1) is 0 Å². The van der Waals surface area contributed by atoms with Crippen molar-refractivity contribution in [1.29, 1.82) is 0 Å². The summed E-state index contributed by atoms with van der Waals surface area (Å²) in [5.41, 5.74) is 6.97. The summed E-state index contributed by atoms with van der Waals surface area (Å²) < 4.78 is 6.55. The Kier molecular flexibility index (Phi) is 2.76. The summed E-state index contributed by atoms with van der Waals surface area (Å²) in [5.74, 6) is 0.783. The molecule has 0 aliphatic carbocycles. The van der Waals surface area contributed by atoms with Crippen molar-refractivity contribution in [3.63, 3.8) is 0 Å². The molecule has 4 heteroatoms. The van der Waals surface area contributed by atoms with Crippen molar-refractivity contribution in [1.82, 2.24) is 0 Å². The predicted octanol–water partition coefficient (Wildman–Crippen LogP) is 1.59. The fourth-order valence-electron chi connectivity index (χ4n) is 1.67. The van der Waals surface area contributed by atoms with Crippen molar-refractivity contribution in [3.05, 3.63) is 28.2 Å². The summed E-state index contributed by atoms with van der Waals surface area (Å²) in [5, 5.41) is 9.00. The van der Waals surface area contributed by atoms with Crippen molar-refractivity contribution in [2.75, 3.05) is 6.61 Å². The van der Waals surface area contributed by atoms with Crippen molar-refractivity contribution < 1.29 is 9.84 Å². The van der Waals surface area contributed by atoms with Crippen molar-refractivity contribution in [2.45, 2.75) is 18.6 Å². The van der Waals surface area contributed by atoms with Crippen LogP contribution in [0.3, 0.4) is 0 Å². The Morgan fingerprint density at radius 1 is 1.57 bits per heavy atom. The van der Waals surface area contributed by atoms with Crippen LogP contribution in [0.4, 0.5) is 0 Å². The molecule has 0 spiro atoms. The third-order valence-corrected chi connectivity index (χ3v) is 2.88. The molecule has 3 N–H and O–H groups in total. The molecule has 3 nitrogen and oxygen atoms in total. The molecule has 0 saturated carbocycles. The number of hydrogen-bond acceptors (Lipinski definition) is 3. The van der Waals surface area contributed by atoms with E-state index in [4.69, 9.17) is 15.6 Å². The predicted molar refractivity (Wildman–Crippen MR) is 57.2 cm³/mol. The number of nitrogens with two attached hydrogens (primary N) is 1. The molecule has 2 atom stereocenters. The van der Waals surface area contributed by atoms with Crippen LogP contribution in [-0.2, 0) is 0 Å². The van der Waals surface area contributed by atoms with Gasteiger partial charge in [-0.15, -0.1) is 0 Å². The molecule has 14 heavy (non-hydrogen) atoms. The van der Waals surface area contributed by atoms with E-state index in [2.05, 4.69) is 15.9 Å². The molecule has 0 fully saturated rings. The second-order valence-corrected chi connectivity index (χ2v) is 4.36. The van der Waals surface area contributed by atoms with Crippen molar-refractivity contribution in [2.24, 2.45) is 5.73 Å². The molecule has 1 aromatic carbocycles. The normalized spacial score (nSPS) is 25.4. The number of aliphatic hydroxyl groups is 1. The van der Waals surface area contributed by atoms with Gasteiger partial charge in [-0.05, 0) is 18.2 Å². The molecule has 1 heterocycles. The van der Waals surface area contributed by atoms with Crippen molar-refractivity contribution in [3.8, 4) is 5.75 Å². The van der Waals surface area contributed by atoms with Crippen LogP contribution in [-0.4, -0.2) is 17.8 Å². The van der Waals surface area contributed by atoms with E-state index in [1.165, 1.54) is 0 Å². The van der Waals surface area contributed by atoms with Crippen LogP contribution >= 0.6 is 15.9 Å². The van der Waals surface area contributed by atoms with Crippen LogP contribution in [0.2, 0.25) is 0 Å². The number of halogens is 1. The first-order valence-corrected chi connectivity index (χ1v) is 5.32. The maximum absolute atomic E-state index is 9.00. The van der Waals surface area contributed by atoms with Gasteiger partial charge < -0.3 is 15.6 Å². The zero-order chi connectivity index (χ0) is 10.1. The van der Waals surface area contributed by atoms with Gasteiger partial charge in [-0.25, -0.2) is 0 Å². The van der Waals surface area contributed by atoms with Gasteiger partial charge in [0.15, 0.2) is 0 Å². The average Bonchev–Trinajstić information content (AvgIpc) is 2.19. The van der Waals surface area contributed by atoms with E-state index in [1.54, 1.807) is 0 Å². The minimum absolute atomic E-state index is 0.0171. The second kappa shape index (κ2) is 3.88. The van der Waals surface area contributed by atoms with Crippen LogP contribution < -0.4 is 10.5 Å². The smallest absolute Gasteiger partial charge is 0.124 e. The highest BCUT2D eigenvalue weighted by atomic mass is 79.9. The zero-order valence-electron chi connectivity index (χ0n) is 7.61. The van der Waals surface area contributed by atoms with Gasteiger partial charge in [-0.1, -0.05) is 15.9 Å². The number of fused-ring (bicyclic) bond motifs is 1. The highest BCUT2D eigenvalue weighted by molar-refractivity contribution is 9.10. The Balaban J connectivity index is 2.35. The van der Waals surface area contributed by atoms with Gasteiger partial charge in [0.05, 0.1) is 6.61 Å². The molecule has 0 amide bonds. The quantitative estimate of drug-likeness (QED) is 0.804. The lowest BCUT2D eigenvalue weighted by Crippen LogP contribution is -2.31. The molecule has 76 valence electrons. The Bertz CT molecular complexity index is 343. The first-order valence-electron chi connectivity index (χ1n) is 4.53. The maximum atomic E-state index is 9.00. The molecule has 0 aromatic heterocycles. The lowest BCUT2D eigenvalue weighted by atomic mass is 9.98. The molecular weight excluding hydrogens is 246 g/mol. The van der Waals surface area contributed by atoms with E-state index in [-0.39, 0.29) is 18.8 Å². The monoisotopic (exact) mass is 257 g/mol. The Morgan fingerprint density at radius 2 is 2.36 bits per heavy atom. The van der Waals surface area contributed by atoms with Crippen LogP contribution in [0.25, 0.3) is 0 Å². The SMILES string of the molecule is NC1CC(CO)Oc2ccc(Br)cc21. The fraction of sp³-hybridized carbons (Fsp3) is 0.400. The van der Waals surface area contributed by atoms with E-state index < -0.39 is 0 Å². The number of ether oxygens (including phenoxy) is 1. The largest absolute Gasteiger partial charge is 0.488 e. The average molecular weight is 258 g/mol. The van der Waals surface area contributed by atoms with Crippen LogP contribution in [0.5, 0.6) is 5.75 Å². The Hall–Kier alpha value is -0.580. The summed E-state index contributed by atoms with van der Waals surface area (Å²) in [6.07, 6.45) is 0.499. The minimum Gasteiger partial charge on any atom is -0.488 e. The highest BCUT2D eigenvalue weighted by Gasteiger charge is 2.25. The Morgan fingerprint density at radius 3 is 3.07 bits per heavy atom. The van der Waals surface area contributed by atoms with Gasteiger partial charge in [-0.3, -0.25) is 0 Å². The van der Waals surface area contributed by atoms with Crippen LogP contribution in [0.15, 0.2) is 22.7 Å². The lowest BCUT2D eigenvalue weighted by molar-refractivity contribution is 0.0888. The number of rotatable bonds is 1. The van der Waals surface area contributed by atoms with Gasteiger partial charge in [0.2, 0.25) is 0 Å².